The lowest BCUT2D eigenvalue weighted by molar-refractivity contribution is 1.12. The number of nitrogens with zero attached hydrogens (tertiary/aromatic N) is 1. The van der Waals surface area contributed by atoms with E-state index in [0.717, 1.165) is 17.0 Å². The van der Waals surface area contributed by atoms with Crippen LogP contribution in [-0.4, -0.2) is 4.98 Å². The Morgan fingerprint density at radius 1 is 1.00 bits per heavy atom. The molecule has 2 rings (SSSR count). The zero-order valence-electron chi connectivity index (χ0n) is 8.33. The van der Waals surface area contributed by atoms with Gasteiger partial charge in [-0.25, -0.2) is 0 Å². The van der Waals surface area contributed by atoms with E-state index in [0.29, 0.717) is 0 Å². The lowest BCUT2D eigenvalue weighted by atomic mass is 10.1. The highest BCUT2D eigenvalue weighted by Crippen LogP contribution is 2.18. The van der Waals surface area contributed by atoms with Gasteiger partial charge >= 0.3 is 0 Å². The topological polar surface area (TPSA) is 12.9 Å². The molecule has 0 fully saturated rings. The van der Waals surface area contributed by atoms with E-state index in [2.05, 4.69) is 29.2 Å². The summed E-state index contributed by atoms with van der Waals surface area (Å²) >= 11 is 0. The van der Waals surface area contributed by atoms with Crippen molar-refractivity contribution in [1.29, 1.82) is 0 Å². The van der Waals surface area contributed by atoms with Crippen molar-refractivity contribution in [1.82, 2.24) is 4.98 Å². The summed E-state index contributed by atoms with van der Waals surface area (Å²) in [6.07, 6.45) is 0. The van der Waals surface area contributed by atoms with Gasteiger partial charge in [-0.15, -0.1) is 0 Å². The zero-order valence-corrected chi connectivity index (χ0v) is 8.33. The summed E-state index contributed by atoms with van der Waals surface area (Å²) in [5.74, 6) is 0. The Hall–Kier alpha value is -1.81. The molecule has 0 aliphatic heterocycles. The minimum atomic E-state index is 1.05. The first-order valence-corrected chi connectivity index (χ1v) is 4.59. The zero-order chi connectivity index (χ0) is 9.97. The number of aromatic nitrogens is 1. The van der Waals surface area contributed by atoms with Gasteiger partial charge in [-0.2, -0.15) is 0 Å². The fourth-order valence-electron chi connectivity index (χ4n) is 1.53. The fraction of sp³-hybridized carbons (Fsp3) is 0.154. The summed E-state index contributed by atoms with van der Waals surface area (Å²) in [5, 5.41) is 0. The standard InChI is InChI=1S/C13H11N/c1-10-8-13(9-11(2)14-10)12-6-4-3-5-7-12/h4,6-9H,1-2H3. The van der Waals surface area contributed by atoms with Crippen LogP contribution in [0.25, 0.3) is 11.1 Å². The monoisotopic (exact) mass is 181 g/mol. The van der Waals surface area contributed by atoms with Crippen LogP contribution in [0.3, 0.4) is 0 Å². The van der Waals surface area contributed by atoms with Gasteiger partial charge in [0, 0.05) is 11.4 Å². The minimum absolute atomic E-state index is 1.05. The van der Waals surface area contributed by atoms with Gasteiger partial charge in [-0.05, 0) is 55.3 Å². The van der Waals surface area contributed by atoms with Gasteiger partial charge in [-0.1, -0.05) is 12.1 Å². The predicted molar refractivity (Wildman–Crippen MR) is 56.8 cm³/mol. The van der Waals surface area contributed by atoms with Crippen LogP contribution >= 0.6 is 0 Å². The molecule has 0 aliphatic carbocycles. The van der Waals surface area contributed by atoms with Crippen molar-refractivity contribution in [3.8, 4) is 11.1 Å². The normalized spacial score (nSPS) is 9.57. The second-order valence-electron chi connectivity index (χ2n) is 3.36. The number of hydrogen-bond acceptors (Lipinski definition) is 1. The lowest BCUT2D eigenvalue weighted by Crippen LogP contribution is -1.87. The van der Waals surface area contributed by atoms with Gasteiger partial charge in [-0.3, -0.25) is 4.98 Å². The SMILES string of the molecule is Cc1cc(-c2cc#ccc2)cc(C)n1. The largest absolute Gasteiger partial charge is 0.258 e. The first-order valence-electron chi connectivity index (χ1n) is 4.59. The summed E-state index contributed by atoms with van der Waals surface area (Å²) in [7, 11) is 0. The van der Waals surface area contributed by atoms with Crippen LogP contribution in [0.4, 0.5) is 0 Å². The molecule has 0 saturated heterocycles. The molecule has 0 radical (unpaired) electrons. The van der Waals surface area contributed by atoms with Crippen molar-refractivity contribution < 1.29 is 0 Å². The van der Waals surface area contributed by atoms with Gasteiger partial charge in [0.15, 0.2) is 0 Å². The maximum absolute atomic E-state index is 4.34. The molecule has 0 atom stereocenters. The van der Waals surface area contributed by atoms with Crippen LogP contribution < -0.4 is 0 Å². The van der Waals surface area contributed by atoms with Gasteiger partial charge in [0.2, 0.25) is 0 Å². The Kier molecular flexibility index (Phi) is 2.20. The molecule has 1 heteroatoms. The fourth-order valence-corrected chi connectivity index (χ4v) is 1.53. The Labute approximate surface area is 84.4 Å². The van der Waals surface area contributed by atoms with Gasteiger partial charge in [0.25, 0.3) is 0 Å². The molecule has 1 heterocycles. The Morgan fingerprint density at radius 2 is 1.71 bits per heavy atom. The molecule has 1 aromatic carbocycles. The van der Waals surface area contributed by atoms with Crippen LogP contribution in [0.2, 0.25) is 0 Å². The number of pyridine rings is 1. The number of aryl methyl sites for hydroxylation is 2. The van der Waals surface area contributed by atoms with Gasteiger partial charge in [0.1, 0.15) is 0 Å². The molecule has 0 amide bonds. The second kappa shape index (κ2) is 3.51. The van der Waals surface area contributed by atoms with Crippen molar-refractivity contribution in [3.05, 3.63) is 53.9 Å². The first-order chi connectivity index (χ1) is 6.75. The Balaban J connectivity index is 2.52. The molecule has 0 bridgehead atoms. The smallest absolute Gasteiger partial charge is 0.0382 e. The van der Waals surface area contributed by atoms with Crippen LogP contribution in [0.1, 0.15) is 11.4 Å². The van der Waals surface area contributed by atoms with E-state index in [1.54, 1.807) is 0 Å². The van der Waals surface area contributed by atoms with Gasteiger partial charge < -0.3 is 0 Å². The number of rotatable bonds is 1. The second-order valence-corrected chi connectivity index (χ2v) is 3.36. The summed E-state index contributed by atoms with van der Waals surface area (Å²) in [4.78, 5) is 4.34. The van der Waals surface area contributed by atoms with Crippen molar-refractivity contribution in [2.75, 3.05) is 0 Å². The van der Waals surface area contributed by atoms with E-state index in [1.165, 1.54) is 5.56 Å². The average Bonchev–Trinajstić information content (AvgIpc) is 2.18. The molecule has 14 heavy (non-hydrogen) atoms. The third-order valence-corrected chi connectivity index (χ3v) is 2.07. The molecular weight excluding hydrogens is 170 g/mol. The summed E-state index contributed by atoms with van der Waals surface area (Å²) in [6.45, 7) is 4.02. The third-order valence-electron chi connectivity index (χ3n) is 2.07. The predicted octanol–water partition coefficient (Wildman–Crippen LogP) is 2.97. The Bertz CT molecular complexity index is 412. The quantitative estimate of drug-likeness (QED) is 0.659. The molecule has 0 aliphatic rings. The summed E-state index contributed by atoms with van der Waals surface area (Å²) in [5.41, 5.74) is 4.46. The maximum atomic E-state index is 4.34. The lowest BCUT2D eigenvalue weighted by Gasteiger charge is -2.02. The van der Waals surface area contributed by atoms with Crippen LogP contribution in [0.15, 0.2) is 30.3 Å². The van der Waals surface area contributed by atoms with E-state index in [9.17, 15) is 0 Å². The summed E-state index contributed by atoms with van der Waals surface area (Å²) in [6, 6.07) is 15.8. The van der Waals surface area contributed by atoms with Crippen LogP contribution in [-0.2, 0) is 0 Å². The molecule has 68 valence electrons. The average molecular weight is 181 g/mol. The molecule has 1 nitrogen and oxygen atoms in total. The van der Waals surface area contributed by atoms with E-state index < -0.39 is 0 Å². The Morgan fingerprint density at radius 3 is 2.29 bits per heavy atom. The van der Waals surface area contributed by atoms with E-state index >= 15 is 0 Å². The van der Waals surface area contributed by atoms with Crippen LogP contribution in [0.5, 0.6) is 0 Å². The highest BCUT2D eigenvalue weighted by molar-refractivity contribution is 5.63. The van der Waals surface area contributed by atoms with Crippen LogP contribution in [0, 0.1) is 26.0 Å². The van der Waals surface area contributed by atoms with Crippen molar-refractivity contribution >= 4 is 0 Å². The van der Waals surface area contributed by atoms with Gasteiger partial charge in [0.05, 0.1) is 0 Å². The highest BCUT2D eigenvalue weighted by Gasteiger charge is 1.98. The minimum Gasteiger partial charge on any atom is -0.258 e. The third kappa shape index (κ3) is 1.75. The molecule has 0 N–H and O–H groups in total. The molecule has 0 saturated carbocycles. The van der Waals surface area contributed by atoms with E-state index in [1.807, 2.05) is 32.0 Å². The maximum Gasteiger partial charge on any atom is 0.0382 e. The first kappa shape index (κ1) is 8.77. The van der Waals surface area contributed by atoms with E-state index in [4.69, 9.17) is 0 Å². The molecule has 0 unspecified atom stereocenters. The molecular formula is C13H11N. The molecule has 2 aromatic rings. The highest BCUT2D eigenvalue weighted by atomic mass is 14.7. The van der Waals surface area contributed by atoms with Crippen molar-refractivity contribution in [3.63, 3.8) is 0 Å². The van der Waals surface area contributed by atoms with Crippen molar-refractivity contribution in [2.24, 2.45) is 0 Å². The van der Waals surface area contributed by atoms with Crippen molar-refractivity contribution in [2.45, 2.75) is 13.8 Å². The van der Waals surface area contributed by atoms with E-state index in [-0.39, 0.29) is 0 Å². The number of hydrogen-bond donors (Lipinski definition) is 0. The summed E-state index contributed by atoms with van der Waals surface area (Å²) < 4.78 is 0. The molecule has 1 aromatic heterocycles. The molecule has 0 spiro atoms.